The van der Waals surface area contributed by atoms with Crippen molar-refractivity contribution in [3.8, 4) is 0 Å². The van der Waals surface area contributed by atoms with Crippen molar-refractivity contribution in [1.29, 1.82) is 0 Å². The number of ether oxygens (including phenoxy) is 1. The minimum absolute atomic E-state index is 0.0494. The number of aromatic nitrogens is 2. The molecule has 32 heavy (non-hydrogen) atoms. The maximum absolute atomic E-state index is 13.3. The fourth-order valence-corrected chi connectivity index (χ4v) is 4.82. The van der Waals surface area contributed by atoms with Crippen molar-refractivity contribution in [2.45, 2.75) is 19.2 Å². The number of nitrogens with one attached hydrogen (secondary N) is 1. The lowest BCUT2D eigenvalue weighted by Gasteiger charge is -2.40. The van der Waals surface area contributed by atoms with Gasteiger partial charge in [-0.2, -0.15) is 0 Å². The summed E-state index contributed by atoms with van der Waals surface area (Å²) in [7, 11) is 1.56. The monoisotopic (exact) mass is 449 g/mol. The maximum Gasteiger partial charge on any atom is 0.260 e. The number of amides is 3. The summed E-state index contributed by atoms with van der Waals surface area (Å²) in [5.74, 6) is -0.655. The fourth-order valence-electron chi connectivity index (χ4n) is 4.09. The van der Waals surface area contributed by atoms with Crippen molar-refractivity contribution in [3.05, 3.63) is 70.2 Å². The Kier molecular flexibility index (Phi) is 5.16. The van der Waals surface area contributed by atoms with Crippen LogP contribution < -0.4 is 10.2 Å². The van der Waals surface area contributed by atoms with Crippen LogP contribution in [0, 0.1) is 0 Å². The molecule has 1 aromatic heterocycles. The highest BCUT2D eigenvalue weighted by atomic mass is 32.1. The van der Waals surface area contributed by atoms with E-state index in [1.54, 1.807) is 47.2 Å². The normalized spacial score (nSPS) is 16.6. The third-order valence-electron chi connectivity index (χ3n) is 5.44. The number of carbonyl (C=O) groups is 3. The molecule has 2 aliphatic heterocycles. The highest BCUT2D eigenvalue weighted by Gasteiger charge is 2.47. The zero-order chi connectivity index (χ0) is 22.2. The zero-order valence-electron chi connectivity index (χ0n) is 17.1. The third-order valence-corrected chi connectivity index (χ3v) is 6.26. The second-order valence-electron chi connectivity index (χ2n) is 7.38. The van der Waals surface area contributed by atoms with Gasteiger partial charge in [-0.15, -0.1) is 10.2 Å². The summed E-state index contributed by atoms with van der Waals surface area (Å²) >= 11 is 1.23. The van der Waals surface area contributed by atoms with Crippen LogP contribution in [0.4, 0.5) is 10.8 Å². The molecule has 0 spiro atoms. The molecule has 0 aliphatic carbocycles. The standard InChI is InChI=1S/C22H19N5O4S/c1-31-12-18-24-25-22(32-18)23-17(28)10-11-26-19-13-6-2-3-7-14(13)21(30)27(19)16-9-5-4-8-15(16)20(26)29/h2-9,19H,10-12H2,1H3,(H,23,25,28). The van der Waals surface area contributed by atoms with E-state index in [-0.39, 0.29) is 30.7 Å². The smallest absolute Gasteiger partial charge is 0.260 e. The molecule has 2 aromatic carbocycles. The van der Waals surface area contributed by atoms with Gasteiger partial charge in [0.1, 0.15) is 17.8 Å². The molecule has 2 aliphatic rings. The van der Waals surface area contributed by atoms with E-state index < -0.39 is 6.17 Å². The molecule has 0 saturated heterocycles. The van der Waals surface area contributed by atoms with Gasteiger partial charge in [0.15, 0.2) is 0 Å². The molecule has 3 heterocycles. The summed E-state index contributed by atoms with van der Waals surface area (Å²) in [6.07, 6.45) is -0.530. The number of anilines is 2. The largest absolute Gasteiger partial charge is 0.377 e. The number of carbonyl (C=O) groups excluding carboxylic acids is 3. The molecule has 1 atom stereocenters. The Labute approximate surface area is 187 Å². The lowest BCUT2D eigenvalue weighted by molar-refractivity contribution is -0.116. The Hall–Kier alpha value is -3.63. The molecule has 3 amide bonds. The van der Waals surface area contributed by atoms with Crippen LogP contribution >= 0.6 is 11.3 Å². The molecule has 1 N–H and O–H groups in total. The van der Waals surface area contributed by atoms with Crippen molar-refractivity contribution in [2.75, 3.05) is 23.9 Å². The predicted molar refractivity (Wildman–Crippen MR) is 117 cm³/mol. The highest BCUT2D eigenvalue weighted by molar-refractivity contribution is 7.15. The summed E-state index contributed by atoms with van der Waals surface area (Å²) in [6, 6.07) is 14.3. The molecule has 3 aromatic rings. The van der Waals surface area contributed by atoms with Gasteiger partial charge in [0, 0.05) is 31.2 Å². The average molecular weight is 449 g/mol. The average Bonchev–Trinajstić information content (AvgIpc) is 3.36. The lowest BCUT2D eigenvalue weighted by atomic mass is 10.0. The highest BCUT2D eigenvalue weighted by Crippen LogP contribution is 2.45. The number of methoxy groups -OCH3 is 1. The molecular weight excluding hydrogens is 430 g/mol. The van der Waals surface area contributed by atoms with Crippen LogP contribution in [0.15, 0.2) is 48.5 Å². The van der Waals surface area contributed by atoms with E-state index in [4.69, 9.17) is 4.74 Å². The van der Waals surface area contributed by atoms with Gasteiger partial charge in [0.2, 0.25) is 11.0 Å². The molecule has 0 saturated carbocycles. The second kappa shape index (κ2) is 8.13. The Balaban J connectivity index is 1.40. The van der Waals surface area contributed by atoms with Gasteiger partial charge in [-0.3, -0.25) is 19.3 Å². The molecular formula is C22H19N5O4S. The molecule has 10 heteroatoms. The van der Waals surface area contributed by atoms with Crippen molar-refractivity contribution in [1.82, 2.24) is 15.1 Å². The van der Waals surface area contributed by atoms with E-state index in [0.717, 1.165) is 5.56 Å². The van der Waals surface area contributed by atoms with E-state index in [9.17, 15) is 14.4 Å². The van der Waals surface area contributed by atoms with E-state index in [1.165, 1.54) is 11.3 Å². The van der Waals surface area contributed by atoms with Crippen LogP contribution in [0.25, 0.3) is 0 Å². The zero-order valence-corrected chi connectivity index (χ0v) is 18.0. The van der Waals surface area contributed by atoms with Crippen LogP contribution in [0.5, 0.6) is 0 Å². The van der Waals surface area contributed by atoms with Gasteiger partial charge in [0.25, 0.3) is 11.8 Å². The van der Waals surface area contributed by atoms with E-state index in [0.29, 0.717) is 33.6 Å². The first-order chi connectivity index (χ1) is 15.6. The molecule has 9 nitrogen and oxygen atoms in total. The second-order valence-corrected chi connectivity index (χ2v) is 8.45. The Morgan fingerprint density at radius 3 is 2.62 bits per heavy atom. The van der Waals surface area contributed by atoms with Crippen LogP contribution in [-0.2, 0) is 16.1 Å². The number of hydrogen-bond donors (Lipinski definition) is 1. The summed E-state index contributed by atoms with van der Waals surface area (Å²) in [6.45, 7) is 0.464. The fraction of sp³-hybridized carbons (Fsp3) is 0.227. The predicted octanol–water partition coefficient (Wildman–Crippen LogP) is 2.83. The first-order valence-electron chi connectivity index (χ1n) is 10.0. The van der Waals surface area contributed by atoms with Crippen LogP contribution in [-0.4, -0.2) is 46.5 Å². The van der Waals surface area contributed by atoms with Gasteiger partial charge < -0.3 is 15.0 Å². The first-order valence-corrected chi connectivity index (χ1v) is 10.8. The summed E-state index contributed by atoms with van der Waals surface area (Å²) < 4.78 is 5.01. The Morgan fingerprint density at radius 1 is 1.06 bits per heavy atom. The van der Waals surface area contributed by atoms with E-state index in [1.807, 2.05) is 18.2 Å². The van der Waals surface area contributed by atoms with Gasteiger partial charge in [-0.1, -0.05) is 41.7 Å². The number of rotatable bonds is 6. The molecule has 162 valence electrons. The molecule has 0 radical (unpaired) electrons. The number of hydrogen-bond acceptors (Lipinski definition) is 7. The lowest BCUT2D eigenvalue weighted by Crippen LogP contribution is -2.48. The Bertz CT molecular complexity index is 1230. The van der Waals surface area contributed by atoms with E-state index >= 15 is 0 Å². The molecule has 5 rings (SSSR count). The number of benzene rings is 2. The maximum atomic E-state index is 13.3. The first kappa shape index (κ1) is 20.3. The van der Waals surface area contributed by atoms with Gasteiger partial charge in [-0.05, 0) is 18.2 Å². The molecule has 0 fully saturated rings. The van der Waals surface area contributed by atoms with Crippen LogP contribution in [0.1, 0.15) is 43.9 Å². The topological polar surface area (TPSA) is 105 Å². The van der Waals surface area contributed by atoms with Crippen molar-refractivity contribution in [3.63, 3.8) is 0 Å². The van der Waals surface area contributed by atoms with Gasteiger partial charge in [-0.25, -0.2) is 0 Å². The third kappa shape index (κ3) is 3.33. The van der Waals surface area contributed by atoms with Crippen LogP contribution in [0.2, 0.25) is 0 Å². The van der Waals surface area contributed by atoms with Crippen LogP contribution in [0.3, 0.4) is 0 Å². The number of nitrogens with zero attached hydrogens (tertiary/aromatic N) is 4. The molecule has 0 bridgehead atoms. The van der Waals surface area contributed by atoms with Crippen molar-refractivity contribution >= 4 is 39.9 Å². The summed E-state index contributed by atoms with van der Waals surface area (Å²) in [4.78, 5) is 42.3. The number of fused-ring (bicyclic) bond motifs is 5. The minimum atomic E-state index is -0.580. The van der Waals surface area contributed by atoms with Gasteiger partial charge >= 0.3 is 0 Å². The van der Waals surface area contributed by atoms with Crippen molar-refractivity contribution in [2.24, 2.45) is 0 Å². The van der Waals surface area contributed by atoms with Gasteiger partial charge in [0.05, 0.1) is 11.3 Å². The minimum Gasteiger partial charge on any atom is -0.377 e. The molecule has 1 unspecified atom stereocenters. The van der Waals surface area contributed by atoms with Crippen molar-refractivity contribution < 1.29 is 19.1 Å². The quantitative estimate of drug-likeness (QED) is 0.621. The SMILES string of the molecule is COCc1nnc(NC(=O)CCN2C(=O)c3ccccc3N3C(=O)c4ccccc4C23)s1. The summed E-state index contributed by atoms with van der Waals surface area (Å²) in [5.41, 5.74) is 2.35. The summed E-state index contributed by atoms with van der Waals surface area (Å²) in [5, 5.41) is 11.6. The Morgan fingerprint density at radius 2 is 1.81 bits per heavy atom. The van der Waals surface area contributed by atoms with E-state index in [2.05, 4.69) is 15.5 Å². The number of para-hydroxylation sites is 1.